The first-order chi connectivity index (χ1) is 10.3. The number of pyridine rings is 1. The Morgan fingerprint density at radius 3 is 2.71 bits per heavy atom. The smallest absolute Gasteiger partial charge is 0.231 e. The van der Waals surface area contributed by atoms with Gasteiger partial charge in [-0.25, -0.2) is 0 Å². The van der Waals surface area contributed by atoms with Crippen LogP contribution in [0.15, 0.2) is 42.7 Å². The molecule has 2 N–H and O–H groups in total. The highest BCUT2D eigenvalue weighted by molar-refractivity contribution is 5.45. The molecule has 1 atom stereocenters. The van der Waals surface area contributed by atoms with Gasteiger partial charge < -0.3 is 15.2 Å². The van der Waals surface area contributed by atoms with Gasteiger partial charge in [0.1, 0.15) is 0 Å². The number of ether oxygens (including phenoxy) is 2. The number of rotatable bonds is 5. The zero-order chi connectivity index (χ0) is 14.7. The van der Waals surface area contributed by atoms with Crippen molar-refractivity contribution in [2.75, 3.05) is 20.4 Å². The molecule has 0 saturated heterocycles. The topological polar surface area (TPSA) is 60.6 Å². The molecular weight excluding hydrogens is 266 g/mol. The lowest BCUT2D eigenvalue weighted by Gasteiger charge is -2.27. The summed E-state index contributed by atoms with van der Waals surface area (Å²) in [5.41, 5.74) is 8.33. The van der Waals surface area contributed by atoms with Crippen molar-refractivity contribution in [3.8, 4) is 11.5 Å². The van der Waals surface area contributed by atoms with Gasteiger partial charge in [-0.15, -0.1) is 0 Å². The van der Waals surface area contributed by atoms with Crippen molar-refractivity contribution in [1.29, 1.82) is 0 Å². The van der Waals surface area contributed by atoms with Crippen molar-refractivity contribution >= 4 is 0 Å². The molecule has 0 radical (unpaired) electrons. The van der Waals surface area contributed by atoms with Crippen LogP contribution >= 0.6 is 0 Å². The molecule has 0 spiro atoms. The van der Waals surface area contributed by atoms with Crippen LogP contribution in [0.2, 0.25) is 0 Å². The van der Waals surface area contributed by atoms with E-state index >= 15 is 0 Å². The maximum Gasteiger partial charge on any atom is 0.231 e. The van der Waals surface area contributed by atoms with Crippen LogP contribution in [0.4, 0.5) is 0 Å². The molecule has 1 aromatic heterocycles. The van der Waals surface area contributed by atoms with Crippen molar-refractivity contribution in [3.05, 3.63) is 53.9 Å². The third kappa shape index (κ3) is 2.99. The molecule has 0 amide bonds. The predicted octanol–water partition coefficient (Wildman–Crippen LogP) is 1.94. The lowest BCUT2D eigenvalue weighted by Crippen LogP contribution is -2.30. The van der Waals surface area contributed by atoms with Crippen LogP contribution in [0.3, 0.4) is 0 Å². The van der Waals surface area contributed by atoms with Gasteiger partial charge in [-0.1, -0.05) is 6.07 Å². The van der Waals surface area contributed by atoms with Gasteiger partial charge in [-0.3, -0.25) is 9.88 Å². The van der Waals surface area contributed by atoms with Gasteiger partial charge in [-0.05, 0) is 42.4 Å². The Hall–Kier alpha value is -2.11. The second-order valence-electron chi connectivity index (χ2n) is 5.13. The summed E-state index contributed by atoms with van der Waals surface area (Å²) in [6.45, 7) is 1.65. The first kappa shape index (κ1) is 13.9. The molecule has 0 fully saturated rings. The number of benzene rings is 1. The number of hydrogen-bond acceptors (Lipinski definition) is 5. The average molecular weight is 285 g/mol. The first-order valence-corrected chi connectivity index (χ1v) is 6.96. The Balaban J connectivity index is 1.78. The summed E-state index contributed by atoms with van der Waals surface area (Å²) >= 11 is 0. The molecule has 5 nitrogen and oxygen atoms in total. The maximum atomic E-state index is 5.98. The highest BCUT2D eigenvalue weighted by Gasteiger charge is 2.20. The summed E-state index contributed by atoms with van der Waals surface area (Å²) in [4.78, 5) is 6.27. The minimum Gasteiger partial charge on any atom is -0.454 e. The summed E-state index contributed by atoms with van der Waals surface area (Å²) in [6.07, 6.45) is 3.61. The second-order valence-corrected chi connectivity index (χ2v) is 5.13. The summed E-state index contributed by atoms with van der Waals surface area (Å²) in [6, 6.07) is 10.2. The van der Waals surface area contributed by atoms with Crippen LogP contribution in [0.1, 0.15) is 17.2 Å². The first-order valence-electron chi connectivity index (χ1n) is 6.96. The van der Waals surface area contributed by atoms with Crippen molar-refractivity contribution < 1.29 is 9.47 Å². The predicted molar refractivity (Wildman–Crippen MR) is 80.1 cm³/mol. The van der Waals surface area contributed by atoms with E-state index in [1.807, 2.05) is 30.3 Å². The standard InChI is InChI=1S/C16H19N3O2/c1-19(10-12-4-6-18-7-5-12)14(9-17)13-2-3-15-16(8-13)21-11-20-15/h2-8,14H,9-11,17H2,1H3. The third-order valence-electron chi connectivity index (χ3n) is 3.72. The van der Waals surface area contributed by atoms with Gasteiger partial charge in [0.05, 0.1) is 0 Å². The molecule has 1 aliphatic heterocycles. The molecule has 0 saturated carbocycles. The molecule has 0 bridgehead atoms. The molecule has 110 valence electrons. The van der Waals surface area contributed by atoms with Crippen LogP contribution in [-0.2, 0) is 6.54 Å². The van der Waals surface area contributed by atoms with E-state index in [2.05, 4.69) is 16.9 Å². The molecule has 0 aliphatic carbocycles. The fraction of sp³-hybridized carbons (Fsp3) is 0.312. The minimum absolute atomic E-state index is 0.132. The van der Waals surface area contributed by atoms with Crippen LogP contribution in [0.25, 0.3) is 0 Å². The highest BCUT2D eigenvalue weighted by atomic mass is 16.7. The average Bonchev–Trinajstić information content (AvgIpc) is 2.96. The van der Waals surface area contributed by atoms with Crippen LogP contribution in [0.5, 0.6) is 11.5 Å². The largest absolute Gasteiger partial charge is 0.454 e. The van der Waals surface area contributed by atoms with Crippen LogP contribution in [-0.4, -0.2) is 30.3 Å². The van der Waals surface area contributed by atoms with Gasteiger partial charge in [0.25, 0.3) is 0 Å². The molecular formula is C16H19N3O2. The maximum absolute atomic E-state index is 5.98. The zero-order valence-corrected chi connectivity index (χ0v) is 12.0. The van der Waals surface area contributed by atoms with Gasteiger partial charge >= 0.3 is 0 Å². The Bertz CT molecular complexity index is 604. The molecule has 2 heterocycles. The fourth-order valence-electron chi connectivity index (χ4n) is 2.58. The van der Waals surface area contributed by atoms with Gasteiger partial charge in [-0.2, -0.15) is 0 Å². The van der Waals surface area contributed by atoms with E-state index in [-0.39, 0.29) is 6.04 Å². The third-order valence-corrected chi connectivity index (χ3v) is 3.72. The minimum atomic E-state index is 0.132. The number of fused-ring (bicyclic) bond motifs is 1. The summed E-state index contributed by atoms with van der Waals surface area (Å²) < 4.78 is 10.8. The van der Waals surface area contributed by atoms with Crippen LogP contribution < -0.4 is 15.2 Å². The van der Waals surface area contributed by atoms with E-state index in [4.69, 9.17) is 15.2 Å². The summed E-state index contributed by atoms with van der Waals surface area (Å²) in [7, 11) is 2.07. The number of aromatic nitrogens is 1. The van der Waals surface area contributed by atoms with E-state index < -0.39 is 0 Å². The molecule has 3 rings (SSSR count). The number of nitrogens with zero attached hydrogens (tertiary/aromatic N) is 2. The zero-order valence-electron chi connectivity index (χ0n) is 12.0. The van der Waals surface area contributed by atoms with Crippen LogP contribution in [0, 0.1) is 0 Å². The van der Waals surface area contributed by atoms with Crippen molar-refractivity contribution in [2.24, 2.45) is 5.73 Å². The normalized spacial score (nSPS) is 14.4. The molecule has 1 aliphatic rings. The van der Waals surface area contributed by atoms with Crippen molar-refractivity contribution in [3.63, 3.8) is 0 Å². The summed E-state index contributed by atoms with van der Waals surface area (Å²) in [5.74, 6) is 1.59. The van der Waals surface area contributed by atoms with E-state index in [1.54, 1.807) is 12.4 Å². The molecule has 1 aromatic carbocycles. The quantitative estimate of drug-likeness (QED) is 0.909. The van der Waals surface area contributed by atoms with E-state index in [0.717, 1.165) is 23.6 Å². The highest BCUT2D eigenvalue weighted by Crippen LogP contribution is 2.35. The van der Waals surface area contributed by atoms with Gasteiger partial charge in [0.15, 0.2) is 11.5 Å². The second kappa shape index (κ2) is 6.11. The Kier molecular flexibility index (Phi) is 4.03. The Morgan fingerprint density at radius 2 is 1.95 bits per heavy atom. The molecule has 1 unspecified atom stereocenters. The molecule has 21 heavy (non-hydrogen) atoms. The van der Waals surface area contributed by atoms with Crippen molar-refractivity contribution in [2.45, 2.75) is 12.6 Å². The van der Waals surface area contributed by atoms with Gasteiger partial charge in [0, 0.05) is 31.5 Å². The molecule has 2 aromatic rings. The van der Waals surface area contributed by atoms with Gasteiger partial charge in [0.2, 0.25) is 6.79 Å². The van der Waals surface area contributed by atoms with E-state index in [0.29, 0.717) is 13.3 Å². The molecule has 5 heteroatoms. The van der Waals surface area contributed by atoms with E-state index in [9.17, 15) is 0 Å². The number of likely N-dealkylation sites (N-methyl/N-ethyl adjacent to an activating group) is 1. The summed E-state index contributed by atoms with van der Waals surface area (Å²) in [5, 5.41) is 0. The SMILES string of the molecule is CN(Cc1ccncc1)C(CN)c1ccc2c(c1)OCO2. The lowest BCUT2D eigenvalue weighted by atomic mass is 10.0. The van der Waals surface area contributed by atoms with E-state index in [1.165, 1.54) is 5.56 Å². The Morgan fingerprint density at radius 1 is 1.19 bits per heavy atom. The number of nitrogens with two attached hydrogens (primary N) is 1. The monoisotopic (exact) mass is 285 g/mol. The fourth-order valence-corrected chi connectivity index (χ4v) is 2.58. The van der Waals surface area contributed by atoms with Crippen molar-refractivity contribution in [1.82, 2.24) is 9.88 Å². The Labute approximate surface area is 124 Å². The number of hydrogen-bond donors (Lipinski definition) is 1. The lowest BCUT2D eigenvalue weighted by molar-refractivity contribution is 0.173.